The Morgan fingerprint density at radius 1 is 1.44 bits per heavy atom. The van der Waals surface area contributed by atoms with Crippen LogP contribution in [0.15, 0.2) is 18.2 Å². The van der Waals surface area contributed by atoms with E-state index in [2.05, 4.69) is 15.5 Å². The Labute approximate surface area is 93.0 Å². The standard InChI is InChI=1S/C10H13N5O/c1-7-3-4-9(16-2)8(5-7)15-10(6-11)12-13-14-15/h3-5H,6,11H2,1-2H3. The van der Waals surface area contributed by atoms with E-state index in [1.165, 1.54) is 0 Å². The Bertz CT molecular complexity index is 494. The summed E-state index contributed by atoms with van der Waals surface area (Å²) in [5.41, 5.74) is 7.46. The van der Waals surface area contributed by atoms with Crippen LogP contribution in [0.4, 0.5) is 0 Å². The highest BCUT2D eigenvalue weighted by Gasteiger charge is 2.11. The maximum absolute atomic E-state index is 5.56. The molecular weight excluding hydrogens is 206 g/mol. The lowest BCUT2D eigenvalue weighted by Gasteiger charge is -2.09. The Balaban J connectivity index is 2.58. The zero-order chi connectivity index (χ0) is 11.5. The van der Waals surface area contributed by atoms with Crippen LogP contribution in [0.3, 0.4) is 0 Å². The average molecular weight is 219 g/mol. The van der Waals surface area contributed by atoms with Gasteiger partial charge in [-0.2, -0.15) is 4.68 Å². The van der Waals surface area contributed by atoms with Crippen LogP contribution in [0, 0.1) is 6.92 Å². The van der Waals surface area contributed by atoms with Crippen LogP contribution in [0.1, 0.15) is 11.4 Å². The fourth-order valence-electron chi connectivity index (χ4n) is 1.49. The molecule has 0 spiro atoms. The van der Waals surface area contributed by atoms with Crippen LogP contribution in [0.5, 0.6) is 5.75 Å². The third kappa shape index (κ3) is 1.74. The fourth-order valence-corrected chi connectivity index (χ4v) is 1.49. The number of rotatable bonds is 3. The number of tetrazole rings is 1. The van der Waals surface area contributed by atoms with Crippen LogP contribution >= 0.6 is 0 Å². The predicted octanol–water partition coefficient (Wildman–Crippen LogP) is 0.438. The molecule has 84 valence electrons. The van der Waals surface area contributed by atoms with Gasteiger partial charge in [-0.1, -0.05) is 6.07 Å². The summed E-state index contributed by atoms with van der Waals surface area (Å²) in [6.07, 6.45) is 0. The SMILES string of the molecule is COc1ccc(C)cc1-n1nnnc1CN. The van der Waals surface area contributed by atoms with Gasteiger partial charge in [0.2, 0.25) is 0 Å². The first-order chi connectivity index (χ1) is 7.76. The van der Waals surface area contributed by atoms with Crippen LogP contribution < -0.4 is 10.5 Å². The van der Waals surface area contributed by atoms with Crippen LogP contribution in [0.2, 0.25) is 0 Å². The summed E-state index contributed by atoms with van der Waals surface area (Å²) in [5, 5.41) is 11.3. The molecule has 0 bridgehead atoms. The summed E-state index contributed by atoms with van der Waals surface area (Å²) in [7, 11) is 1.61. The third-order valence-corrected chi connectivity index (χ3v) is 2.28. The monoisotopic (exact) mass is 219 g/mol. The third-order valence-electron chi connectivity index (χ3n) is 2.28. The molecule has 0 amide bonds. The maximum atomic E-state index is 5.56. The molecule has 0 fully saturated rings. The summed E-state index contributed by atoms with van der Waals surface area (Å²) in [6.45, 7) is 2.28. The van der Waals surface area contributed by atoms with Gasteiger partial charge in [-0.15, -0.1) is 5.10 Å². The van der Waals surface area contributed by atoms with E-state index in [-0.39, 0.29) is 6.54 Å². The number of ether oxygens (including phenoxy) is 1. The molecule has 2 rings (SSSR count). The summed E-state index contributed by atoms with van der Waals surface area (Å²) in [4.78, 5) is 0. The molecule has 0 aliphatic heterocycles. The molecule has 6 heteroatoms. The van der Waals surface area contributed by atoms with Gasteiger partial charge in [-0.25, -0.2) is 0 Å². The van der Waals surface area contributed by atoms with Gasteiger partial charge in [0, 0.05) is 0 Å². The molecule has 0 saturated heterocycles. The van der Waals surface area contributed by atoms with E-state index in [9.17, 15) is 0 Å². The number of aryl methyl sites for hydroxylation is 1. The fraction of sp³-hybridized carbons (Fsp3) is 0.300. The molecule has 1 aromatic heterocycles. The minimum Gasteiger partial charge on any atom is -0.494 e. The minimum atomic E-state index is 0.282. The van der Waals surface area contributed by atoms with Gasteiger partial charge in [0.05, 0.1) is 13.7 Å². The van der Waals surface area contributed by atoms with Crippen molar-refractivity contribution in [3.63, 3.8) is 0 Å². The van der Waals surface area contributed by atoms with Gasteiger partial charge in [0.25, 0.3) is 0 Å². The molecule has 0 aliphatic rings. The van der Waals surface area contributed by atoms with Crippen molar-refractivity contribution in [3.05, 3.63) is 29.6 Å². The number of benzene rings is 1. The average Bonchev–Trinajstić information content (AvgIpc) is 2.76. The number of nitrogens with two attached hydrogens (primary N) is 1. The molecule has 1 aromatic carbocycles. The smallest absolute Gasteiger partial charge is 0.170 e. The van der Waals surface area contributed by atoms with Gasteiger partial charge in [0.15, 0.2) is 5.82 Å². The Morgan fingerprint density at radius 2 is 2.25 bits per heavy atom. The van der Waals surface area contributed by atoms with E-state index in [0.29, 0.717) is 11.6 Å². The molecule has 0 aliphatic carbocycles. The zero-order valence-electron chi connectivity index (χ0n) is 9.21. The highest BCUT2D eigenvalue weighted by atomic mass is 16.5. The first kappa shape index (κ1) is 10.6. The molecule has 2 aromatic rings. The van der Waals surface area contributed by atoms with Gasteiger partial charge in [0.1, 0.15) is 11.4 Å². The quantitative estimate of drug-likeness (QED) is 0.810. The molecule has 0 unspecified atom stereocenters. The Morgan fingerprint density at radius 3 is 2.94 bits per heavy atom. The number of nitrogens with zero attached hydrogens (tertiary/aromatic N) is 4. The first-order valence-electron chi connectivity index (χ1n) is 4.88. The van der Waals surface area contributed by atoms with E-state index < -0.39 is 0 Å². The molecule has 16 heavy (non-hydrogen) atoms. The highest BCUT2D eigenvalue weighted by molar-refractivity contribution is 5.48. The van der Waals surface area contributed by atoms with Crippen LogP contribution in [0.25, 0.3) is 5.69 Å². The highest BCUT2D eigenvalue weighted by Crippen LogP contribution is 2.23. The van der Waals surface area contributed by atoms with E-state index in [0.717, 1.165) is 11.3 Å². The number of hydrogen-bond donors (Lipinski definition) is 1. The normalized spacial score (nSPS) is 10.4. The molecule has 0 atom stereocenters. The Hall–Kier alpha value is -1.95. The summed E-state index contributed by atoms with van der Waals surface area (Å²) in [5.74, 6) is 1.32. The second-order valence-electron chi connectivity index (χ2n) is 3.39. The lowest BCUT2D eigenvalue weighted by molar-refractivity contribution is 0.411. The molecule has 1 heterocycles. The van der Waals surface area contributed by atoms with Crippen LogP contribution in [-0.4, -0.2) is 27.3 Å². The van der Waals surface area contributed by atoms with E-state index >= 15 is 0 Å². The summed E-state index contributed by atoms with van der Waals surface area (Å²) >= 11 is 0. The van der Waals surface area contributed by atoms with Crippen molar-refractivity contribution in [1.29, 1.82) is 0 Å². The van der Waals surface area contributed by atoms with Crippen LogP contribution in [-0.2, 0) is 6.54 Å². The largest absolute Gasteiger partial charge is 0.494 e. The molecule has 2 N–H and O–H groups in total. The van der Waals surface area contributed by atoms with Gasteiger partial charge >= 0.3 is 0 Å². The first-order valence-corrected chi connectivity index (χ1v) is 4.88. The lowest BCUT2D eigenvalue weighted by Crippen LogP contribution is -2.09. The minimum absolute atomic E-state index is 0.282. The van der Waals surface area contributed by atoms with Crippen molar-refractivity contribution in [2.45, 2.75) is 13.5 Å². The topological polar surface area (TPSA) is 78.8 Å². The van der Waals surface area contributed by atoms with E-state index in [1.807, 2.05) is 25.1 Å². The number of aromatic nitrogens is 4. The second-order valence-corrected chi connectivity index (χ2v) is 3.39. The summed E-state index contributed by atoms with van der Waals surface area (Å²) in [6, 6.07) is 5.80. The second kappa shape index (κ2) is 4.28. The van der Waals surface area contributed by atoms with Crippen molar-refractivity contribution in [1.82, 2.24) is 20.2 Å². The Kier molecular flexibility index (Phi) is 2.82. The van der Waals surface area contributed by atoms with Gasteiger partial charge in [-0.05, 0) is 35.0 Å². The van der Waals surface area contributed by atoms with Gasteiger partial charge in [-0.3, -0.25) is 0 Å². The lowest BCUT2D eigenvalue weighted by atomic mass is 10.2. The zero-order valence-corrected chi connectivity index (χ0v) is 9.21. The van der Waals surface area contributed by atoms with E-state index in [1.54, 1.807) is 11.8 Å². The van der Waals surface area contributed by atoms with Crippen molar-refractivity contribution < 1.29 is 4.74 Å². The number of methoxy groups -OCH3 is 1. The molecule has 0 saturated carbocycles. The molecule has 0 radical (unpaired) electrons. The van der Waals surface area contributed by atoms with E-state index in [4.69, 9.17) is 10.5 Å². The number of hydrogen-bond acceptors (Lipinski definition) is 5. The molecule has 6 nitrogen and oxygen atoms in total. The predicted molar refractivity (Wildman–Crippen MR) is 58.3 cm³/mol. The molecular formula is C10H13N5O. The van der Waals surface area contributed by atoms with Crippen molar-refractivity contribution in [2.75, 3.05) is 7.11 Å². The van der Waals surface area contributed by atoms with Crippen molar-refractivity contribution in [2.24, 2.45) is 5.73 Å². The van der Waals surface area contributed by atoms with Crippen molar-refractivity contribution in [3.8, 4) is 11.4 Å². The van der Waals surface area contributed by atoms with Crippen molar-refractivity contribution >= 4 is 0 Å². The van der Waals surface area contributed by atoms with Gasteiger partial charge < -0.3 is 10.5 Å². The maximum Gasteiger partial charge on any atom is 0.170 e. The summed E-state index contributed by atoms with van der Waals surface area (Å²) < 4.78 is 6.86.